The highest BCUT2D eigenvalue weighted by molar-refractivity contribution is 5.87. The minimum atomic E-state index is -2.84. The predicted molar refractivity (Wildman–Crippen MR) is 348 cm³/mol. The van der Waals surface area contributed by atoms with Crippen LogP contribution in [0.1, 0.15) is 95.9 Å². The van der Waals surface area contributed by atoms with Crippen LogP contribution in [0, 0.1) is 70.4 Å². The van der Waals surface area contributed by atoms with Gasteiger partial charge in [0.15, 0.2) is 0 Å². The molecule has 0 bridgehead atoms. The standard InChI is InChI=1S/C66H110O39/c1-54(14-13-42(83)55(2,15-67)16-68,31-95-44(85)56(3,17-69)18-70)43(84)102-38-66(39-103-51(92)63(10,32-96-45(86)57(4,19-71)20-72)33-97-46(87)58(5,21-73)22-74,40-104-52(93)64(11,34-98-47(88)59(6,23-75)24-76)35-99-48(89)60(7,25-77)26-78)41-105-53(94)65(12,36-100-49(90)61(8,27-79)28-80)37-101-50(91)62(9,29-81)30-82/h67-82H,13-41H2,1-12H3. The highest BCUT2D eigenvalue weighted by Gasteiger charge is 2.52. The van der Waals surface area contributed by atoms with Crippen molar-refractivity contribution in [2.45, 2.75) is 95.9 Å². The van der Waals surface area contributed by atoms with Crippen LogP contribution in [0.25, 0.3) is 0 Å². The molecule has 0 fully saturated rings. The Morgan fingerprint density at radius 3 is 0.457 bits per heavy atom. The number of hydrogen-bond donors (Lipinski definition) is 16. The molecule has 0 saturated heterocycles. The van der Waals surface area contributed by atoms with E-state index in [1.54, 1.807) is 0 Å². The second-order valence-electron chi connectivity index (χ2n) is 30.0. The smallest absolute Gasteiger partial charge is 0.318 e. The van der Waals surface area contributed by atoms with Crippen molar-refractivity contribution in [1.82, 2.24) is 0 Å². The van der Waals surface area contributed by atoms with Crippen molar-refractivity contribution in [1.29, 1.82) is 0 Å². The third kappa shape index (κ3) is 25.7. The van der Waals surface area contributed by atoms with Crippen LogP contribution >= 0.6 is 0 Å². The lowest BCUT2D eigenvalue weighted by atomic mass is 9.79. The molecule has 105 heavy (non-hydrogen) atoms. The summed E-state index contributed by atoms with van der Waals surface area (Å²) in [6.45, 7) is -19.6. The van der Waals surface area contributed by atoms with Gasteiger partial charge in [-0.05, 0) is 89.5 Å². The third-order valence-corrected chi connectivity index (χ3v) is 18.3. The topological polar surface area (TPSA) is 630 Å². The first-order chi connectivity index (χ1) is 48.5. The van der Waals surface area contributed by atoms with E-state index in [4.69, 9.17) is 52.1 Å². The van der Waals surface area contributed by atoms with Gasteiger partial charge in [0.2, 0.25) is 0 Å². The average Bonchev–Trinajstić information content (AvgIpc) is 0.815. The number of ketones is 1. The normalized spacial score (nSPS) is 13.6. The van der Waals surface area contributed by atoms with Gasteiger partial charge in [-0.2, -0.15) is 0 Å². The Morgan fingerprint density at radius 1 is 0.181 bits per heavy atom. The molecule has 39 heteroatoms. The Labute approximate surface area is 605 Å². The molecule has 0 amide bonds. The summed E-state index contributed by atoms with van der Waals surface area (Å²) in [4.78, 5) is 168. The number of ether oxygens (including phenoxy) is 11. The van der Waals surface area contributed by atoms with Crippen LogP contribution in [-0.4, -0.2) is 332 Å². The van der Waals surface area contributed by atoms with Gasteiger partial charge < -0.3 is 134 Å². The first-order valence-electron chi connectivity index (χ1n) is 32.7. The zero-order valence-corrected chi connectivity index (χ0v) is 61.6. The zero-order chi connectivity index (χ0) is 81.7. The van der Waals surface area contributed by atoms with Gasteiger partial charge in [0.25, 0.3) is 0 Å². The highest BCUT2D eigenvalue weighted by Crippen LogP contribution is 2.36. The van der Waals surface area contributed by atoms with Crippen LogP contribution in [0.2, 0.25) is 0 Å². The summed E-state index contributed by atoms with van der Waals surface area (Å²) in [5, 5.41) is 161. The van der Waals surface area contributed by atoms with Crippen molar-refractivity contribution in [3.05, 3.63) is 0 Å². The zero-order valence-electron chi connectivity index (χ0n) is 61.6. The van der Waals surface area contributed by atoms with E-state index in [2.05, 4.69) is 0 Å². The Hall–Kier alpha value is -6.80. The molecule has 0 aromatic heterocycles. The summed E-state index contributed by atoms with van der Waals surface area (Å²) < 4.78 is 61.0. The third-order valence-electron chi connectivity index (χ3n) is 18.3. The number of carbonyl (C=O) groups excluding carboxylic acids is 12. The molecule has 0 aliphatic carbocycles. The summed E-state index contributed by atoms with van der Waals surface area (Å²) in [6.07, 6.45) is -1.53. The summed E-state index contributed by atoms with van der Waals surface area (Å²) >= 11 is 0. The van der Waals surface area contributed by atoms with Gasteiger partial charge >= 0.3 is 65.7 Å². The molecule has 0 heterocycles. The minimum Gasteiger partial charge on any atom is -0.464 e. The Bertz CT molecular complexity index is 2350. The van der Waals surface area contributed by atoms with Crippen LogP contribution < -0.4 is 0 Å². The quantitative estimate of drug-likeness (QED) is 0.0199. The van der Waals surface area contributed by atoms with Crippen LogP contribution in [0.15, 0.2) is 0 Å². The lowest BCUT2D eigenvalue weighted by molar-refractivity contribution is -0.191. The summed E-state index contributed by atoms with van der Waals surface area (Å²) in [7, 11) is 0. The largest absolute Gasteiger partial charge is 0.464 e. The number of rotatable bonds is 53. The molecule has 0 spiro atoms. The van der Waals surface area contributed by atoms with Gasteiger partial charge in [-0.1, -0.05) is 0 Å². The van der Waals surface area contributed by atoms with E-state index in [1.165, 1.54) is 0 Å². The average molecular weight is 1530 g/mol. The molecule has 0 aliphatic heterocycles. The van der Waals surface area contributed by atoms with Crippen molar-refractivity contribution in [2.24, 2.45) is 70.4 Å². The Balaban J connectivity index is 9.58. The number of Topliss-reactive ketones (excluding diaryl/α,β-unsaturated/α-hetero) is 1. The molecule has 1 atom stereocenters. The van der Waals surface area contributed by atoms with Gasteiger partial charge in [-0.25, -0.2) is 0 Å². The van der Waals surface area contributed by atoms with Gasteiger partial charge in [0.1, 0.15) is 138 Å². The molecule has 0 radical (unpaired) electrons. The van der Waals surface area contributed by atoms with E-state index in [0.717, 1.165) is 83.1 Å². The van der Waals surface area contributed by atoms with Gasteiger partial charge in [0.05, 0.1) is 117 Å². The van der Waals surface area contributed by atoms with E-state index in [-0.39, 0.29) is 0 Å². The molecule has 0 aromatic rings. The van der Waals surface area contributed by atoms with Crippen LogP contribution in [-0.2, 0) is 110 Å². The van der Waals surface area contributed by atoms with Gasteiger partial charge in [-0.15, -0.1) is 0 Å². The fourth-order valence-electron chi connectivity index (χ4n) is 7.50. The van der Waals surface area contributed by atoms with Crippen LogP contribution in [0.5, 0.6) is 0 Å². The number of esters is 11. The van der Waals surface area contributed by atoms with Crippen LogP contribution in [0.3, 0.4) is 0 Å². The maximum atomic E-state index is 15.1. The molecular formula is C66H110O39. The first kappa shape index (κ1) is 98.2. The lowest BCUT2D eigenvalue weighted by Gasteiger charge is -2.37. The Kier molecular flexibility index (Phi) is 38.8. The van der Waals surface area contributed by atoms with Crippen molar-refractivity contribution in [3.8, 4) is 0 Å². The predicted octanol–water partition coefficient (Wildman–Crippen LogP) is -6.75. The van der Waals surface area contributed by atoms with E-state index in [9.17, 15) is 120 Å². The number of hydrogen-bond acceptors (Lipinski definition) is 39. The molecule has 0 aliphatic rings. The van der Waals surface area contributed by atoms with Crippen LogP contribution in [0.4, 0.5) is 0 Å². The molecule has 0 rings (SSSR count). The molecule has 16 N–H and O–H groups in total. The monoisotopic (exact) mass is 1530 g/mol. The molecule has 0 saturated carbocycles. The fourth-order valence-corrected chi connectivity index (χ4v) is 7.50. The summed E-state index contributed by atoms with van der Waals surface area (Å²) in [5.41, 5.74) is -29.5. The number of aliphatic hydroxyl groups is 16. The molecule has 39 nitrogen and oxygen atoms in total. The van der Waals surface area contributed by atoms with Crippen molar-refractivity contribution in [3.63, 3.8) is 0 Å². The second-order valence-corrected chi connectivity index (χ2v) is 30.0. The van der Waals surface area contributed by atoms with Crippen molar-refractivity contribution in [2.75, 3.05) is 178 Å². The maximum absolute atomic E-state index is 15.1. The molecular weight excluding hydrogens is 1420 g/mol. The second kappa shape index (κ2) is 41.5. The lowest BCUT2D eigenvalue weighted by Crippen LogP contribution is -2.51. The van der Waals surface area contributed by atoms with E-state index in [0.29, 0.717) is 0 Å². The highest BCUT2D eigenvalue weighted by atomic mass is 16.6. The van der Waals surface area contributed by atoms with Crippen molar-refractivity contribution >= 4 is 71.4 Å². The fraction of sp³-hybridized carbons (Fsp3) is 0.818. The number of aliphatic hydroxyl groups excluding tert-OH is 16. The molecule has 608 valence electrons. The number of carbonyl (C=O) groups is 12. The summed E-state index contributed by atoms with van der Waals surface area (Å²) in [5.74, 6) is -17.3. The van der Waals surface area contributed by atoms with Gasteiger partial charge in [0, 0.05) is 6.42 Å². The minimum absolute atomic E-state index is 0.762. The molecule has 0 aromatic carbocycles. The summed E-state index contributed by atoms with van der Waals surface area (Å²) in [6, 6.07) is 0. The SMILES string of the molecule is CC(CO)(CO)C(=O)CCC(C)(COC(=O)C(C)(CO)CO)C(=O)OCC(COC(=O)C(C)(COC(=O)C(C)(CO)CO)COC(=O)C(C)(CO)CO)(COC(=O)C(C)(COC(=O)C(C)(CO)CO)COC(=O)C(C)(CO)CO)COC(=O)C(C)(COC(=O)C(C)(CO)CO)COC(=O)C(C)(CO)CO. The Morgan fingerprint density at radius 2 is 0.305 bits per heavy atom. The van der Waals surface area contributed by atoms with Gasteiger partial charge in [-0.3, -0.25) is 57.5 Å². The molecule has 1 unspecified atom stereocenters. The van der Waals surface area contributed by atoms with E-state index < -0.39 is 333 Å². The maximum Gasteiger partial charge on any atom is 0.318 e. The van der Waals surface area contributed by atoms with E-state index >= 15 is 19.2 Å². The van der Waals surface area contributed by atoms with E-state index in [1.807, 2.05) is 0 Å². The first-order valence-corrected chi connectivity index (χ1v) is 32.7. The van der Waals surface area contributed by atoms with Crippen molar-refractivity contribution < 1.29 is 191 Å².